The summed E-state index contributed by atoms with van der Waals surface area (Å²) in [5.74, 6) is -0.660. The van der Waals surface area contributed by atoms with Crippen molar-refractivity contribution in [3.63, 3.8) is 0 Å². The molecule has 1 aliphatic rings. The molecule has 110 valence electrons. The molecule has 0 aromatic heterocycles. The number of rotatable bonds is 7. The molecule has 0 aromatic carbocycles. The number of morpholine rings is 1. The molecule has 1 aliphatic heterocycles. The number of likely N-dealkylation sites (N-methyl/N-ethyl adjacent to an activating group) is 1. The summed E-state index contributed by atoms with van der Waals surface area (Å²) in [5, 5.41) is 0. The maximum absolute atomic E-state index is 12.0. The normalized spacial score (nSPS) is 20.2. The van der Waals surface area contributed by atoms with Crippen molar-refractivity contribution in [2.24, 2.45) is 5.73 Å². The van der Waals surface area contributed by atoms with Crippen LogP contribution >= 0.6 is 0 Å². The molecule has 0 saturated carbocycles. The van der Waals surface area contributed by atoms with Crippen LogP contribution in [0.4, 0.5) is 0 Å². The van der Waals surface area contributed by atoms with E-state index in [1.165, 1.54) is 12.0 Å². The molecule has 2 amide bonds. The molecule has 1 saturated heterocycles. The first kappa shape index (κ1) is 15.9. The first-order valence-electron chi connectivity index (χ1n) is 6.38. The van der Waals surface area contributed by atoms with E-state index in [9.17, 15) is 9.59 Å². The number of carbonyl (C=O) groups is 2. The smallest absolute Gasteiger partial charge is 0.237 e. The summed E-state index contributed by atoms with van der Waals surface area (Å²) >= 11 is 0. The summed E-state index contributed by atoms with van der Waals surface area (Å²) in [7, 11) is 3.53. The lowest BCUT2D eigenvalue weighted by atomic mass is 10.2. The number of hydrogen-bond donors (Lipinski definition) is 1. The average Bonchev–Trinajstić information content (AvgIpc) is 2.34. The molecular weight excluding hydrogens is 250 g/mol. The van der Waals surface area contributed by atoms with Gasteiger partial charge in [-0.25, -0.2) is 0 Å². The third kappa shape index (κ3) is 6.00. The van der Waals surface area contributed by atoms with Crippen LogP contribution in [-0.4, -0.2) is 81.3 Å². The van der Waals surface area contributed by atoms with Gasteiger partial charge in [0.05, 0.1) is 32.3 Å². The molecule has 0 aromatic rings. The first-order valence-corrected chi connectivity index (χ1v) is 6.38. The van der Waals surface area contributed by atoms with Gasteiger partial charge < -0.3 is 25.0 Å². The number of methoxy groups -OCH3 is 1. The second-order valence-electron chi connectivity index (χ2n) is 4.74. The highest BCUT2D eigenvalue weighted by atomic mass is 16.5. The van der Waals surface area contributed by atoms with Crippen molar-refractivity contribution in [1.82, 2.24) is 9.80 Å². The Morgan fingerprint density at radius 1 is 1.53 bits per heavy atom. The summed E-state index contributed by atoms with van der Waals surface area (Å²) in [4.78, 5) is 26.6. The first-order chi connectivity index (χ1) is 9.02. The fourth-order valence-electron chi connectivity index (χ4n) is 2.01. The lowest BCUT2D eigenvalue weighted by Crippen LogP contribution is -2.49. The van der Waals surface area contributed by atoms with Crippen LogP contribution in [0.2, 0.25) is 0 Å². The molecule has 1 rings (SSSR count). The Morgan fingerprint density at radius 2 is 2.26 bits per heavy atom. The van der Waals surface area contributed by atoms with Crippen molar-refractivity contribution in [1.29, 1.82) is 0 Å². The van der Waals surface area contributed by atoms with Crippen LogP contribution in [0.1, 0.15) is 6.42 Å². The predicted octanol–water partition coefficient (Wildman–Crippen LogP) is -1.33. The summed E-state index contributed by atoms with van der Waals surface area (Å²) in [6.07, 6.45) is 0.163. The Balaban J connectivity index is 2.52. The number of nitrogens with zero attached hydrogens (tertiary/aromatic N) is 2. The van der Waals surface area contributed by atoms with Crippen molar-refractivity contribution in [2.45, 2.75) is 12.5 Å². The van der Waals surface area contributed by atoms with E-state index in [1.54, 1.807) is 0 Å². The second-order valence-corrected chi connectivity index (χ2v) is 4.74. The summed E-state index contributed by atoms with van der Waals surface area (Å²) < 4.78 is 10.5. The SMILES string of the molecule is COCCC(=O)N(CC(N)=O)C[C@H]1CN(C)CCO1. The Kier molecular flexibility index (Phi) is 6.75. The molecule has 2 N–H and O–H groups in total. The fourth-order valence-corrected chi connectivity index (χ4v) is 2.01. The summed E-state index contributed by atoms with van der Waals surface area (Å²) in [6, 6.07) is 0. The average molecular weight is 273 g/mol. The van der Waals surface area contributed by atoms with Gasteiger partial charge in [-0.15, -0.1) is 0 Å². The largest absolute Gasteiger partial charge is 0.384 e. The van der Waals surface area contributed by atoms with Crippen molar-refractivity contribution in [3.05, 3.63) is 0 Å². The highest BCUT2D eigenvalue weighted by Gasteiger charge is 2.24. The van der Waals surface area contributed by atoms with Crippen LogP contribution in [0.15, 0.2) is 0 Å². The molecule has 1 heterocycles. The lowest BCUT2D eigenvalue weighted by molar-refractivity contribution is -0.139. The van der Waals surface area contributed by atoms with E-state index in [1.807, 2.05) is 7.05 Å². The quantitative estimate of drug-likeness (QED) is 0.621. The molecule has 0 bridgehead atoms. The molecule has 7 nitrogen and oxygen atoms in total. The molecule has 0 aliphatic carbocycles. The maximum atomic E-state index is 12.0. The highest BCUT2D eigenvalue weighted by Crippen LogP contribution is 2.06. The number of carbonyl (C=O) groups excluding carboxylic acids is 2. The fraction of sp³-hybridized carbons (Fsp3) is 0.833. The standard InChI is InChI=1S/C12H23N3O4/c1-14-4-6-19-10(7-14)8-15(9-11(13)16)12(17)3-5-18-2/h10H,3-9H2,1-2H3,(H2,13,16)/t10-/m1/s1. The summed E-state index contributed by atoms with van der Waals surface area (Å²) in [6.45, 7) is 2.90. The minimum Gasteiger partial charge on any atom is -0.384 e. The Labute approximate surface area is 113 Å². The predicted molar refractivity (Wildman–Crippen MR) is 69.5 cm³/mol. The Hall–Kier alpha value is -1.18. The van der Waals surface area contributed by atoms with E-state index in [0.717, 1.165) is 13.1 Å². The number of amides is 2. The van der Waals surface area contributed by atoms with E-state index < -0.39 is 5.91 Å². The van der Waals surface area contributed by atoms with Gasteiger partial charge in [0, 0.05) is 26.7 Å². The number of hydrogen-bond acceptors (Lipinski definition) is 5. The maximum Gasteiger partial charge on any atom is 0.237 e. The van der Waals surface area contributed by atoms with Gasteiger partial charge in [0.15, 0.2) is 0 Å². The van der Waals surface area contributed by atoms with Gasteiger partial charge in [-0.05, 0) is 7.05 Å². The van der Waals surface area contributed by atoms with Gasteiger partial charge in [-0.3, -0.25) is 9.59 Å². The molecule has 1 fully saturated rings. The Morgan fingerprint density at radius 3 is 2.84 bits per heavy atom. The van der Waals surface area contributed by atoms with Gasteiger partial charge in [0.1, 0.15) is 0 Å². The van der Waals surface area contributed by atoms with E-state index in [4.69, 9.17) is 15.2 Å². The van der Waals surface area contributed by atoms with Gasteiger partial charge in [-0.2, -0.15) is 0 Å². The zero-order chi connectivity index (χ0) is 14.3. The van der Waals surface area contributed by atoms with E-state index in [2.05, 4.69) is 4.90 Å². The third-order valence-corrected chi connectivity index (χ3v) is 2.99. The zero-order valence-corrected chi connectivity index (χ0v) is 11.6. The molecule has 1 atom stereocenters. The summed E-state index contributed by atoms with van der Waals surface area (Å²) in [5.41, 5.74) is 5.18. The molecule has 0 radical (unpaired) electrons. The van der Waals surface area contributed by atoms with Gasteiger partial charge in [0.2, 0.25) is 11.8 Å². The number of primary amides is 1. The molecule has 7 heteroatoms. The third-order valence-electron chi connectivity index (χ3n) is 2.99. The minimum absolute atomic E-state index is 0.0773. The van der Waals surface area contributed by atoms with Gasteiger partial charge in [0.25, 0.3) is 0 Å². The van der Waals surface area contributed by atoms with Crippen LogP contribution in [0.25, 0.3) is 0 Å². The lowest BCUT2D eigenvalue weighted by Gasteiger charge is -2.33. The zero-order valence-electron chi connectivity index (χ0n) is 11.6. The van der Waals surface area contributed by atoms with E-state index in [0.29, 0.717) is 19.8 Å². The topological polar surface area (TPSA) is 85.1 Å². The van der Waals surface area contributed by atoms with Crippen LogP contribution in [-0.2, 0) is 19.1 Å². The molecule has 19 heavy (non-hydrogen) atoms. The van der Waals surface area contributed by atoms with Crippen LogP contribution in [0.5, 0.6) is 0 Å². The van der Waals surface area contributed by atoms with E-state index in [-0.39, 0.29) is 25.0 Å². The van der Waals surface area contributed by atoms with Crippen molar-refractivity contribution < 1.29 is 19.1 Å². The second kappa shape index (κ2) is 8.08. The van der Waals surface area contributed by atoms with Crippen LogP contribution in [0.3, 0.4) is 0 Å². The van der Waals surface area contributed by atoms with Crippen molar-refractivity contribution >= 4 is 11.8 Å². The van der Waals surface area contributed by atoms with Crippen LogP contribution < -0.4 is 5.73 Å². The molecule has 0 spiro atoms. The number of nitrogens with two attached hydrogens (primary N) is 1. The molecule has 0 unspecified atom stereocenters. The Bertz CT molecular complexity index is 311. The minimum atomic E-state index is -0.519. The molecular formula is C12H23N3O4. The van der Waals surface area contributed by atoms with Crippen molar-refractivity contribution in [2.75, 3.05) is 53.6 Å². The van der Waals surface area contributed by atoms with Gasteiger partial charge >= 0.3 is 0 Å². The van der Waals surface area contributed by atoms with Crippen LogP contribution in [0, 0.1) is 0 Å². The van der Waals surface area contributed by atoms with E-state index >= 15 is 0 Å². The highest BCUT2D eigenvalue weighted by molar-refractivity contribution is 5.83. The monoisotopic (exact) mass is 273 g/mol. The van der Waals surface area contributed by atoms with Gasteiger partial charge in [-0.1, -0.05) is 0 Å². The number of ether oxygens (including phenoxy) is 2. The van der Waals surface area contributed by atoms with Crippen molar-refractivity contribution in [3.8, 4) is 0 Å².